The predicted molar refractivity (Wildman–Crippen MR) is 131 cm³/mol. The van der Waals surface area contributed by atoms with E-state index in [1.807, 2.05) is 66.9 Å². The maximum Gasteiger partial charge on any atom is 0.269 e. The van der Waals surface area contributed by atoms with Crippen LogP contribution in [0.5, 0.6) is 0 Å². The van der Waals surface area contributed by atoms with Gasteiger partial charge in [0.15, 0.2) is 5.17 Å². The molecule has 1 saturated heterocycles. The van der Waals surface area contributed by atoms with E-state index < -0.39 is 4.92 Å². The summed E-state index contributed by atoms with van der Waals surface area (Å²) in [7, 11) is 0. The molecule has 0 aliphatic carbocycles. The summed E-state index contributed by atoms with van der Waals surface area (Å²) in [5.74, 6) is -0.179. The number of amidine groups is 1. The molecule has 1 fully saturated rings. The molecule has 7 nitrogen and oxygen atoms in total. The quantitative estimate of drug-likeness (QED) is 0.245. The highest BCUT2D eigenvalue weighted by molar-refractivity contribution is 8.18. The maximum absolute atomic E-state index is 12.6. The van der Waals surface area contributed by atoms with E-state index in [1.165, 1.54) is 23.9 Å². The van der Waals surface area contributed by atoms with Crippen LogP contribution in [0.15, 0.2) is 95.0 Å². The number of nitrogens with zero attached hydrogens (tertiary/aromatic N) is 3. The smallest absolute Gasteiger partial charge is 0.269 e. The Morgan fingerprint density at radius 2 is 1.73 bits per heavy atom. The van der Waals surface area contributed by atoms with Gasteiger partial charge >= 0.3 is 0 Å². The summed E-state index contributed by atoms with van der Waals surface area (Å²) in [5.41, 5.74) is 3.74. The van der Waals surface area contributed by atoms with Gasteiger partial charge in [-0.05, 0) is 41.6 Å². The molecule has 3 aromatic carbocycles. The summed E-state index contributed by atoms with van der Waals surface area (Å²) in [6.07, 6.45) is 3.88. The van der Waals surface area contributed by atoms with Crippen molar-refractivity contribution in [2.24, 2.45) is 4.99 Å². The van der Waals surface area contributed by atoms with Crippen molar-refractivity contribution in [3.63, 3.8) is 0 Å². The number of aliphatic imine (C=N–C) groups is 1. The van der Waals surface area contributed by atoms with Crippen LogP contribution in [-0.4, -0.2) is 20.6 Å². The minimum absolute atomic E-state index is 0.0683. The van der Waals surface area contributed by atoms with Crippen molar-refractivity contribution in [1.82, 2.24) is 9.88 Å². The van der Waals surface area contributed by atoms with E-state index in [9.17, 15) is 14.9 Å². The van der Waals surface area contributed by atoms with E-state index in [4.69, 9.17) is 0 Å². The first-order valence-corrected chi connectivity index (χ1v) is 11.0. The van der Waals surface area contributed by atoms with Crippen LogP contribution in [0.3, 0.4) is 0 Å². The number of thioether (sulfide) groups is 1. The van der Waals surface area contributed by atoms with Gasteiger partial charge in [0, 0.05) is 41.3 Å². The highest BCUT2D eigenvalue weighted by atomic mass is 32.2. The number of carbonyl (C=O) groups is 1. The van der Waals surface area contributed by atoms with Gasteiger partial charge in [-0.25, -0.2) is 4.99 Å². The summed E-state index contributed by atoms with van der Waals surface area (Å²) in [6, 6.07) is 24.0. The van der Waals surface area contributed by atoms with Crippen molar-refractivity contribution < 1.29 is 9.72 Å². The molecular formula is C25H18N4O3S. The van der Waals surface area contributed by atoms with E-state index in [1.54, 1.807) is 12.1 Å². The van der Waals surface area contributed by atoms with Crippen LogP contribution in [0, 0.1) is 10.1 Å². The Morgan fingerprint density at radius 1 is 1.00 bits per heavy atom. The van der Waals surface area contributed by atoms with Crippen LogP contribution in [0.2, 0.25) is 0 Å². The molecular weight excluding hydrogens is 436 g/mol. The molecule has 1 amide bonds. The van der Waals surface area contributed by atoms with E-state index in [0.717, 1.165) is 27.7 Å². The van der Waals surface area contributed by atoms with Crippen molar-refractivity contribution in [1.29, 1.82) is 0 Å². The minimum Gasteiger partial charge on any atom is -0.342 e. The third-order valence-electron chi connectivity index (χ3n) is 5.24. The van der Waals surface area contributed by atoms with Gasteiger partial charge in [-0.1, -0.05) is 48.5 Å². The molecule has 1 aromatic heterocycles. The molecule has 0 atom stereocenters. The van der Waals surface area contributed by atoms with Crippen LogP contribution in [0.1, 0.15) is 11.1 Å². The number of carbonyl (C=O) groups excluding carboxylic acids is 1. The molecule has 0 spiro atoms. The molecule has 0 bridgehead atoms. The first-order chi connectivity index (χ1) is 16.1. The molecule has 33 heavy (non-hydrogen) atoms. The number of nitro groups is 1. The van der Waals surface area contributed by atoms with Crippen LogP contribution < -0.4 is 5.32 Å². The molecule has 1 N–H and O–H groups in total. The summed E-state index contributed by atoms with van der Waals surface area (Å²) in [4.78, 5) is 28.1. The van der Waals surface area contributed by atoms with Crippen LogP contribution in [0.25, 0.3) is 17.0 Å². The lowest BCUT2D eigenvalue weighted by Crippen LogP contribution is -2.19. The SMILES string of the molecule is O=C1NC(=Nc2ccccc2)S/C1=C/c1cn(Cc2ccc([N+](=O)[O-])cc2)c2ccccc12. The number of para-hydroxylation sites is 2. The third-order valence-corrected chi connectivity index (χ3v) is 6.15. The lowest BCUT2D eigenvalue weighted by atomic mass is 10.1. The predicted octanol–water partition coefficient (Wildman–Crippen LogP) is 5.49. The van der Waals surface area contributed by atoms with E-state index in [0.29, 0.717) is 16.6 Å². The van der Waals surface area contributed by atoms with E-state index >= 15 is 0 Å². The standard InChI is InChI=1S/C25H18N4O3S/c30-24-23(33-25(27-24)26-19-6-2-1-3-7-19)14-18-16-28(22-9-5-4-8-21(18)22)15-17-10-12-20(13-11-17)29(31)32/h1-14,16H,15H2,(H,26,27,30)/b23-14+. The lowest BCUT2D eigenvalue weighted by molar-refractivity contribution is -0.384. The fourth-order valence-electron chi connectivity index (χ4n) is 3.68. The highest BCUT2D eigenvalue weighted by Crippen LogP contribution is 2.31. The number of rotatable bonds is 5. The zero-order valence-electron chi connectivity index (χ0n) is 17.3. The molecule has 2 heterocycles. The van der Waals surface area contributed by atoms with Crippen molar-refractivity contribution in [3.8, 4) is 0 Å². The van der Waals surface area contributed by atoms with Crippen molar-refractivity contribution in [2.75, 3.05) is 0 Å². The Labute approximate surface area is 193 Å². The fourth-order valence-corrected chi connectivity index (χ4v) is 4.52. The molecule has 4 aromatic rings. The Morgan fingerprint density at radius 3 is 2.48 bits per heavy atom. The van der Waals surface area contributed by atoms with Crippen LogP contribution in [-0.2, 0) is 11.3 Å². The van der Waals surface area contributed by atoms with E-state index in [2.05, 4.69) is 14.9 Å². The first-order valence-electron chi connectivity index (χ1n) is 10.2. The van der Waals surface area contributed by atoms with E-state index in [-0.39, 0.29) is 11.6 Å². The van der Waals surface area contributed by atoms with Gasteiger partial charge in [-0.3, -0.25) is 14.9 Å². The summed E-state index contributed by atoms with van der Waals surface area (Å²) < 4.78 is 2.08. The third kappa shape index (κ3) is 4.42. The molecule has 0 unspecified atom stereocenters. The zero-order chi connectivity index (χ0) is 22.8. The average molecular weight is 455 g/mol. The number of benzene rings is 3. The monoisotopic (exact) mass is 454 g/mol. The largest absolute Gasteiger partial charge is 0.342 e. The summed E-state index contributed by atoms with van der Waals surface area (Å²) >= 11 is 1.31. The number of nitro benzene ring substituents is 1. The second kappa shape index (κ2) is 8.76. The highest BCUT2D eigenvalue weighted by Gasteiger charge is 2.24. The van der Waals surface area contributed by atoms with Crippen molar-refractivity contribution in [3.05, 3.63) is 111 Å². The number of fused-ring (bicyclic) bond motifs is 1. The number of amides is 1. The lowest BCUT2D eigenvalue weighted by Gasteiger charge is -2.05. The van der Waals surface area contributed by atoms with Crippen molar-refractivity contribution in [2.45, 2.75) is 6.54 Å². The fraction of sp³-hybridized carbons (Fsp3) is 0.0400. The minimum atomic E-state index is -0.404. The number of aromatic nitrogens is 1. The number of hydrogen-bond donors (Lipinski definition) is 1. The van der Waals surface area contributed by atoms with Gasteiger partial charge in [0.25, 0.3) is 11.6 Å². The van der Waals surface area contributed by atoms with Crippen molar-refractivity contribution >= 4 is 51.2 Å². The van der Waals surface area contributed by atoms with Crippen LogP contribution in [0.4, 0.5) is 11.4 Å². The number of hydrogen-bond acceptors (Lipinski definition) is 5. The zero-order valence-corrected chi connectivity index (χ0v) is 18.2. The Bertz CT molecular complexity index is 1420. The second-order valence-electron chi connectivity index (χ2n) is 7.47. The Balaban J connectivity index is 1.45. The van der Waals surface area contributed by atoms with Gasteiger partial charge in [-0.2, -0.15) is 0 Å². The molecule has 5 rings (SSSR count). The van der Waals surface area contributed by atoms with Crippen LogP contribution >= 0.6 is 11.8 Å². The Hall–Kier alpha value is -4.17. The number of nitrogens with one attached hydrogen (secondary N) is 1. The average Bonchev–Trinajstić information content (AvgIpc) is 3.34. The van der Waals surface area contributed by atoms with Gasteiger partial charge in [0.05, 0.1) is 15.5 Å². The molecule has 1 aliphatic heterocycles. The number of non-ortho nitro benzene ring substituents is 1. The first kappa shape index (κ1) is 20.7. The molecule has 0 radical (unpaired) electrons. The maximum atomic E-state index is 12.6. The normalized spacial score (nSPS) is 15.9. The summed E-state index contributed by atoms with van der Waals surface area (Å²) in [5, 5.41) is 15.3. The summed E-state index contributed by atoms with van der Waals surface area (Å²) in [6.45, 7) is 0.557. The molecule has 1 aliphatic rings. The van der Waals surface area contributed by atoms with Gasteiger partial charge in [-0.15, -0.1) is 0 Å². The topological polar surface area (TPSA) is 89.5 Å². The van der Waals surface area contributed by atoms with Gasteiger partial charge in [0.2, 0.25) is 0 Å². The van der Waals surface area contributed by atoms with Gasteiger partial charge in [0.1, 0.15) is 0 Å². The molecule has 8 heteroatoms. The molecule has 162 valence electrons. The molecule has 0 saturated carbocycles. The Kier molecular flexibility index (Phi) is 5.50. The van der Waals surface area contributed by atoms with Gasteiger partial charge < -0.3 is 9.88 Å². The second-order valence-corrected chi connectivity index (χ2v) is 8.50.